The Morgan fingerprint density at radius 1 is 1.08 bits per heavy atom. The third-order valence-corrected chi connectivity index (χ3v) is 4.54. The number of nitrogens with zero attached hydrogens (tertiary/aromatic N) is 3. The predicted molar refractivity (Wildman–Crippen MR) is 96.1 cm³/mol. The fourth-order valence-corrected chi connectivity index (χ4v) is 3.14. The molecule has 1 aromatic carbocycles. The molecule has 5 heteroatoms. The van der Waals surface area contributed by atoms with E-state index in [0.717, 1.165) is 44.1 Å². The Balaban J connectivity index is 1.91. The van der Waals surface area contributed by atoms with E-state index >= 15 is 0 Å². The van der Waals surface area contributed by atoms with Gasteiger partial charge in [0.15, 0.2) is 0 Å². The van der Waals surface area contributed by atoms with Gasteiger partial charge in [-0.05, 0) is 43.8 Å². The van der Waals surface area contributed by atoms with Crippen molar-refractivity contribution in [1.29, 1.82) is 0 Å². The Morgan fingerprint density at radius 3 is 2.42 bits per heavy atom. The molecule has 128 valence electrons. The SMILES string of the molecule is CCOC(=O)c1cc(-n2cccc2)ccc1N1CCN(CC)CC1. The van der Waals surface area contributed by atoms with E-state index in [0.29, 0.717) is 12.2 Å². The number of hydrogen-bond acceptors (Lipinski definition) is 4. The summed E-state index contributed by atoms with van der Waals surface area (Å²) in [4.78, 5) is 17.2. The molecule has 0 amide bonds. The first kappa shape index (κ1) is 16.6. The lowest BCUT2D eigenvalue weighted by Gasteiger charge is -2.36. The Morgan fingerprint density at radius 2 is 1.79 bits per heavy atom. The van der Waals surface area contributed by atoms with Gasteiger partial charge in [-0.3, -0.25) is 0 Å². The molecule has 1 aliphatic rings. The standard InChI is InChI=1S/C19H25N3O2/c1-3-20-11-13-22(14-12-20)18-8-7-16(21-9-5-6-10-21)15-17(18)19(23)24-4-2/h5-10,15H,3-4,11-14H2,1-2H3. The van der Waals surface area contributed by atoms with Gasteiger partial charge in [-0.1, -0.05) is 6.92 Å². The van der Waals surface area contributed by atoms with Gasteiger partial charge in [-0.2, -0.15) is 0 Å². The number of rotatable bonds is 5. The smallest absolute Gasteiger partial charge is 0.340 e. The molecule has 1 aliphatic heterocycles. The monoisotopic (exact) mass is 327 g/mol. The maximum atomic E-state index is 12.5. The number of esters is 1. The number of likely N-dealkylation sites (N-methyl/N-ethyl adjacent to an activating group) is 1. The molecule has 0 saturated carbocycles. The van der Waals surface area contributed by atoms with E-state index in [1.54, 1.807) is 0 Å². The highest BCUT2D eigenvalue weighted by molar-refractivity contribution is 5.96. The highest BCUT2D eigenvalue weighted by Gasteiger charge is 2.22. The van der Waals surface area contributed by atoms with Crippen molar-refractivity contribution in [2.75, 3.05) is 44.2 Å². The molecule has 1 saturated heterocycles. The molecule has 1 aromatic heterocycles. The van der Waals surface area contributed by atoms with Crippen molar-refractivity contribution in [2.45, 2.75) is 13.8 Å². The molecule has 3 rings (SSSR count). The van der Waals surface area contributed by atoms with Gasteiger partial charge in [0.2, 0.25) is 0 Å². The molecule has 5 nitrogen and oxygen atoms in total. The van der Waals surface area contributed by atoms with Crippen molar-refractivity contribution in [2.24, 2.45) is 0 Å². The zero-order chi connectivity index (χ0) is 16.9. The molecule has 0 spiro atoms. The van der Waals surface area contributed by atoms with E-state index in [2.05, 4.69) is 22.8 Å². The van der Waals surface area contributed by atoms with Crippen LogP contribution in [0, 0.1) is 0 Å². The zero-order valence-electron chi connectivity index (χ0n) is 14.4. The van der Waals surface area contributed by atoms with Gasteiger partial charge in [0.25, 0.3) is 0 Å². The minimum atomic E-state index is -0.251. The summed E-state index contributed by atoms with van der Waals surface area (Å²) in [7, 11) is 0. The summed E-state index contributed by atoms with van der Waals surface area (Å²) in [6.45, 7) is 9.40. The second kappa shape index (κ2) is 7.53. The van der Waals surface area contributed by atoms with Crippen LogP contribution in [0.5, 0.6) is 0 Å². The van der Waals surface area contributed by atoms with E-state index in [1.165, 1.54) is 0 Å². The van der Waals surface area contributed by atoms with Crippen LogP contribution in [-0.2, 0) is 4.74 Å². The molecule has 0 unspecified atom stereocenters. The van der Waals surface area contributed by atoms with Crippen molar-refractivity contribution in [3.8, 4) is 5.69 Å². The van der Waals surface area contributed by atoms with Gasteiger partial charge in [-0.15, -0.1) is 0 Å². The highest BCUT2D eigenvalue weighted by atomic mass is 16.5. The molecule has 0 radical (unpaired) electrons. The molecular weight excluding hydrogens is 302 g/mol. The highest BCUT2D eigenvalue weighted by Crippen LogP contribution is 2.26. The predicted octanol–water partition coefficient (Wildman–Crippen LogP) is 2.80. The summed E-state index contributed by atoms with van der Waals surface area (Å²) in [5.74, 6) is -0.251. The van der Waals surface area contributed by atoms with Crippen molar-refractivity contribution in [3.63, 3.8) is 0 Å². The first-order valence-electron chi connectivity index (χ1n) is 8.64. The number of piperazine rings is 1. The third kappa shape index (κ3) is 3.46. The van der Waals surface area contributed by atoms with Gasteiger partial charge in [0.1, 0.15) is 0 Å². The molecule has 0 bridgehead atoms. The number of benzene rings is 1. The molecule has 2 heterocycles. The van der Waals surface area contributed by atoms with Gasteiger partial charge in [-0.25, -0.2) is 4.79 Å². The maximum absolute atomic E-state index is 12.5. The molecule has 0 atom stereocenters. The van der Waals surface area contributed by atoms with Gasteiger partial charge in [0, 0.05) is 44.3 Å². The molecule has 0 N–H and O–H groups in total. The van der Waals surface area contributed by atoms with Crippen LogP contribution in [0.4, 0.5) is 5.69 Å². The number of carbonyl (C=O) groups is 1. The van der Waals surface area contributed by atoms with Crippen molar-refractivity contribution in [3.05, 3.63) is 48.3 Å². The maximum Gasteiger partial charge on any atom is 0.340 e. The quantitative estimate of drug-likeness (QED) is 0.792. The average Bonchev–Trinajstić information content (AvgIpc) is 3.16. The second-order valence-corrected chi connectivity index (χ2v) is 5.93. The van der Waals surface area contributed by atoms with Crippen LogP contribution in [0.1, 0.15) is 24.2 Å². The Labute approximate surface area is 143 Å². The van der Waals surface area contributed by atoms with Crippen LogP contribution in [0.2, 0.25) is 0 Å². The van der Waals surface area contributed by atoms with Crippen LogP contribution in [-0.4, -0.2) is 54.8 Å². The number of anilines is 1. The van der Waals surface area contributed by atoms with Gasteiger partial charge >= 0.3 is 5.97 Å². The minimum Gasteiger partial charge on any atom is -0.462 e. The number of aromatic nitrogens is 1. The lowest BCUT2D eigenvalue weighted by atomic mass is 10.1. The molecule has 2 aromatic rings. The molecule has 0 aliphatic carbocycles. The van der Waals surface area contributed by atoms with E-state index in [9.17, 15) is 4.79 Å². The van der Waals surface area contributed by atoms with E-state index in [4.69, 9.17) is 4.74 Å². The topological polar surface area (TPSA) is 37.7 Å². The van der Waals surface area contributed by atoms with E-state index in [-0.39, 0.29) is 5.97 Å². The minimum absolute atomic E-state index is 0.251. The normalized spacial score (nSPS) is 15.5. The van der Waals surface area contributed by atoms with Crippen LogP contribution in [0.15, 0.2) is 42.7 Å². The largest absolute Gasteiger partial charge is 0.462 e. The number of ether oxygens (including phenoxy) is 1. The summed E-state index contributed by atoms with van der Waals surface area (Å²) < 4.78 is 7.29. The summed E-state index contributed by atoms with van der Waals surface area (Å²) in [6, 6.07) is 9.98. The first-order valence-corrected chi connectivity index (χ1v) is 8.64. The number of hydrogen-bond donors (Lipinski definition) is 0. The third-order valence-electron chi connectivity index (χ3n) is 4.54. The fourth-order valence-electron chi connectivity index (χ4n) is 3.14. The molecular formula is C19H25N3O2. The van der Waals surface area contributed by atoms with Crippen LogP contribution in [0.25, 0.3) is 5.69 Å². The summed E-state index contributed by atoms with van der Waals surface area (Å²) in [5, 5.41) is 0. The average molecular weight is 327 g/mol. The van der Waals surface area contributed by atoms with Crippen LogP contribution < -0.4 is 4.90 Å². The van der Waals surface area contributed by atoms with Gasteiger partial charge in [0.05, 0.1) is 17.9 Å². The first-order chi connectivity index (χ1) is 11.7. The summed E-state index contributed by atoms with van der Waals surface area (Å²) in [6.07, 6.45) is 3.95. The fraction of sp³-hybridized carbons (Fsp3) is 0.421. The van der Waals surface area contributed by atoms with Gasteiger partial charge < -0.3 is 19.1 Å². The Kier molecular flexibility index (Phi) is 5.20. The van der Waals surface area contributed by atoms with Crippen LogP contribution >= 0.6 is 0 Å². The Hall–Kier alpha value is -2.27. The van der Waals surface area contributed by atoms with Crippen molar-refractivity contribution in [1.82, 2.24) is 9.47 Å². The molecule has 1 fully saturated rings. The lowest BCUT2D eigenvalue weighted by Crippen LogP contribution is -2.46. The molecule has 24 heavy (non-hydrogen) atoms. The van der Waals surface area contributed by atoms with Crippen molar-refractivity contribution >= 4 is 11.7 Å². The summed E-state index contributed by atoms with van der Waals surface area (Å²) >= 11 is 0. The van der Waals surface area contributed by atoms with Crippen molar-refractivity contribution < 1.29 is 9.53 Å². The Bertz CT molecular complexity index is 674. The second-order valence-electron chi connectivity index (χ2n) is 5.93. The van der Waals surface area contributed by atoms with E-state index in [1.807, 2.05) is 48.1 Å². The van der Waals surface area contributed by atoms with Crippen LogP contribution in [0.3, 0.4) is 0 Å². The number of carbonyl (C=O) groups excluding carboxylic acids is 1. The zero-order valence-corrected chi connectivity index (χ0v) is 14.4. The lowest BCUT2D eigenvalue weighted by molar-refractivity contribution is 0.0527. The summed E-state index contributed by atoms with van der Waals surface area (Å²) in [5.41, 5.74) is 2.59. The van der Waals surface area contributed by atoms with E-state index < -0.39 is 0 Å².